The number of aromatic hydroxyl groups is 1. The summed E-state index contributed by atoms with van der Waals surface area (Å²) < 4.78 is 5.50. The van der Waals surface area contributed by atoms with Crippen LogP contribution in [0.2, 0.25) is 0 Å². The lowest BCUT2D eigenvalue weighted by molar-refractivity contribution is -0.143. The highest BCUT2D eigenvalue weighted by Gasteiger charge is 2.13. The van der Waals surface area contributed by atoms with Crippen molar-refractivity contribution in [2.75, 3.05) is 6.61 Å². The topological polar surface area (TPSA) is 46.5 Å². The molecule has 3 nitrogen and oxygen atoms in total. The van der Waals surface area contributed by atoms with Crippen molar-refractivity contribution in [1.82, 2.24) is 0 Å². The highest BCUT2D eigenvalue weighted by Crippen LogP contribution is 2.30. The van der Waals surface area contributed by atoms with Crippen LogP contribution in [0.5, 0.6) is 5.75 Å². The Morgan fingerprint density at radius 1 is 0.641 bits per heavy atom. The lowest BCUT2D eigenvalue weighted by Crippen LogP contribution is -2.06. The molecule has 39 heavy (non-hydrogen) atoms. The van der Waals surface area contributed by atoms with E-state index < -0.39 is 0 Å². The van der Waals surface area contributed by atoms with Gasteiger partial charge in [0.2, 0.25) is 0 Å². The quantitative estimate of drug-likeness (QED) is 0.124. The second kappa shape index (κ2) is 18.3. The fraction of sp³-hybridized carbons (Fsp3) is 0.472. The van der Waals surface area contributed by atoms with Gasteiger partial charge in [0, 0.05) is 19.3 Å². The van der Waals surface area contributed by atoms with Crippen molar-refractivity contribution in [1.29, 1.82) is 0 Å². The maximum Gasteiger partial charge on any atom is 0.305 e. The van der Waals surface area contributed by atoms with E-state index in [0.29, 0.717) is 31.6 Å². The van der Waals surface area contributed by atoms with Crippen LogP contribution in [0.1, 0.15) is 112 Å². The van der Waals surface area contributed by atoms with Gasteiger partial charge in [0.1, 0.15) is 5.75 Å². The van der Waals surface area contributed by atoms with Crippen molar-refractivity contribution in [2.45, 2.75) is 103 Å². The van der Waals surface area contributed by atoms with Gasteiger partial charge in [0.05, 0.1) is 6.61 Å². The molecule has 0 bridgehead atoms. The van der Waals surface area contributed by atoms with Crippen LogP contribution in [0.3, 0.4) is 0 Å². The third kappa shape index (κ3) is 12.1. The molecule has 0 fully saturated rings. The molecule has 0 amide bonds. The van der Waals surface area contributed by atoms with Gasteiger partial charge >= 0.3 is 5.97 Å². The number of rotatable bonds is 19. The molecule has 0 heterocycles. The summed E-state index contributed by atoms with van der Waals surface area (Å²) >= 11 is 0. The average Bonchev–Trinajstić information content (AvgIpc) is 2.95. The molecule has 0 unspecified atom stereocenters. The van der Waals surface area contributed by atoms with Gasteiger partial charge in [0.15, 0.2) is 0 Å². The molecule has 3 aromatic rings. The van der Waals surface area contributed by atoms with Crippen molar-refractivity contribution in [3.05, 3.63) is 101 Å². The van der Waals surface area contributed by atoms with E-state index >= 15 is 0 Å². The fourth-order valence-electron chi connectivity index (χ4n) is 5.16. The Bertz CT molecular complexity index is 1010. The van der Waals surface area contributed by atoms with Gasteiger partial charge in [-0.25, -0.2) is 0 Å². The lowest BCUT2D eigenvalue weighted by atomic mass is 9.93. The molecule has 3 heteroatoms. The number of carbonyl (C=O) groups is 1. The van der Waals surface area contributed by atoms with Gasteiger partial charge in [-0.2, -0.15) is 0 Å². The summed E-state index contributed by atoms with van der Waals surface area (Å²) in [6, 6.07) is 24.7. The monoisotopic (exact) mass is 528 g/mol. The summed E-state index contributed by atoms with van der Waals surface area (Å²) in [5.41, 5.74) is 5.38. The van der Waals surface area contributed by atoms with Gasteiger partial charge in [0.25, 0.3) is 0 Å². The predicted molar refractivity (Wildman–Crippen MR) is 162 cm³/mol. The van der Waals surface area contributed by atoms with E-state index in [1.165, 1.54) is 62.5 Å². The Morgan fingerprint density at radius 2 is 1.13 bits per heavy atom. The number of ether oxygens (including phenoxy) is 1. The van der Waals surface area contributed by atoms with Crippen LogP contribution < -0.4 is 0 Å². The lowest BCUT2D eigenvalue weighted by Gasteiger charge is -2.14. The summed E-state index contributed by atoms with van der Waals surface area (Å²) in [4.78, 5) is 12.3. The van der Waals surface area contributed by atoms with Crippen LogP contribution in [-0.4, -0.2) is 17.7 Å². The van der Waals surface area contributed by atoms with E-state index in [1.807, 2.05) is 36.4 Å². The van der Waals surface area contributed by atoms with Crippen molar-refractivity contribution in [3.8, 4) is 5.75 Å². The standard InChI is InChI=1S/C36H48O3/c1-2-3-4-5-6-7-8-9-10-17-25-39-35(37)24-18-23-32-28-33(26-30-19-13-11-14-20-30)36(38)34(29-32)27-31-21-15-12-16-22-31/h11-16,19-22,28-29,38H,2-10,17-18,23-27H2,1H3. The third-order valence-corrected chi connectivity index (χ3v) is 7.41. The Balaban J connectivity index is 1.43. The number of phenolic OH excluding ortho intramolecular Hbond substituents is 1. The Kier molecular flexibility index (Phi) is 14.3. The molecular formula is C36H48O3. The predicted octanol–water partition coefficient (Wildman–Crippen LogP) is 9.36. The first-order valence-electron chi connectivity index (χ1n) is 15.2. The number of aryl methyl sites for hydroxylation is 1. The van der Waals surface area contributed by atoms with Crippen molar-refractivity contribution in [2.24, 2.45) is 0 Å². The van der Waals surface area contributed by atoms with Crippen LogP contribution in [0.4, 0.5) is 0 Å². The molecule has 0 radical (unpaired) electrons. The molecule has 210 valence electrons. The normalized spacial score (nSPS) is 11.0. The average molecular weight is 529 g/mol. The van der Waals surface area contributed by atoms with E-state index in [-0.39, 0.29) is 5.97 Å². The van der Waals surface area contributed by atoms with Crippen molar-refractivity contribution >= 4 is 5.97 Å². The molecule has 0 spiro atoms. The van der Waals surface area contributed by atoms with Crippen LogP contribution >= 0.6 is 0 Å². The van der Waals surface area contributed by atoms with Gasteiger partial charge in [-0.05, 0) is 47.1 Å². The van der Waals surface area contributed by atoms with Crippen molar-refractivity contribution < 1.29 is 14.6 Å². The molecular weight excluding hydrogens is 480 g/mol. The number of phenols is 1. The van der Waals surface area contributed by atoms with Gasteiger partial charge in [-0.15, -0.1) is 0 Å². The largest absolute Gasteiger partial charge is 0.507 e. The molecule has 0 aromatic heterocycles. The number of esters is 1. The van der Waals surface area contributed by atoms with E-state index in [1.54, 1.807) is 0 Å². The summed E-state index contributed by atoms with van der Waals surface area (Å²) in [5, 5.41) is 11.1. The zero-order chi connectivity index (χ0) is 27.5. The highest BCUT2D eigenvalue weighted by molar-refractivity contribution is 5.69. The number of benzene rings is 3. The maximum absolute atomic E-state index is 12.3. The first-order valence-corrected chi connectivity index (χ1v) is 15.2. The molecule has 0 saturated carbocycles. The van der Waals surface area contributed by atoms with E-state index in [4.69, 9.17) is 4.74 Å². The minimum absolute atomic E-state index is 0.0984. The van der Waals surface area contributed by atoms with Crippen molar-refractivity contribution in [3.63, 3.8) is 0 Å². The summed E-state index contributed by atoms with van der Waals surface area (Å²) in [6.45, 7) is 2.80. The molecule has 0 saturated heterocycles. The zero-order valence-corrected chi connectivity index (χ0v) is 24.0. The molecule has 0 aliphatic carbocycles. The van der Waals surface area contributed by atoms with Crippen LogP contribution in [0.15, 0.2) is 72.8 Å². The van der Waals surface area contributed by atoms with Gasteiger partial charge < -0.3 is 9.84 Å². The molecule has 0 atom stereocenters. The number of hydrogen-bond acceptors (Lipinski definition) is 3. The van der Waals surface area contributed by atoms with Gasteiger partial charge in [-0.1, -0.05) is 138 Å². The number of carbonyl (C=O) groups excluding carboxylic acids is 1. The smallest absolute Gasteiger partial charge is 0.305 e. The van der Waals surface area contributed by atoms with E-state index in [0.717, 1.165) is 42.4 Å². The summed E-state index contributed by atoms with van der Waals surface area (Å²) in [5.74, 6) is 0.279. The second-order valence-corrected chi connectivity index (χ2v) is 10.8. The molecule has 0 aliphatic heterocycles. The molecule has 0 aliphatic rings. The Labute approximate surface area is 236 Å². The van der Waals surface area contributed by atoms with E-state index in [9.17, 15) is 9.90 Å². The van der Waals surface area contributed by atoms with Crippen LogP contribution in [0, 0.1) is 0 Å². The summed E-state index contributed by atoms with van der Waals surface area (Å²) in [7, 11) is 0. The Morgan fingerprint density at radius 3 is 1.64 bits per heavy atom. The SMILES string of the molecule is CCCCCCCCCCCCOC(=O)CCCc1cc(Cc2ccccc2)c(O)c(Cc2ccccc2)c1. The van der Waals surface area contributed by atoms with Gasteiger partial charge in [-0.3, -0.25) is 4.79 Å². The van der Waals surface area contributed by atoms with Crippen LogP contribution in [-0.2, 0) is 28.8 Å². The Hall–Kier alpha value is -3.07. The maximum atomic E-state index is 12.3. The number of unbranched alkanes of at least 4 members (excludes halogenated alkanes) is 9. The zero-order valence-electron chi connectivity index (χ0n) is 24.0. The van der Waals surface area contributed by atoms with E-state index in [2.05, 4.69) is 43.3 Å². The number of hydrogen-bond donors (Lipinski definition) is 1. The second-order valence-electron chi connectivity index (χ2n) is 10.8. The first-order chi connectivity index (χ1) is 19.2. The minimum Gasteiger partial charge on any atom is -0.507 e. The highest BCUT2D eigenvalue weighted by atomic mass is 16.5. The third-order valence-electron chi connectivity index (χ3n) is 7.41. The fourth-order valence-corrected chi connectivity index (χ4v) is 5.16. The summed E-state index contributed by atoms with van der Waals surface area (Å²) in [6.07, 6.45) is 16.1. The molecule has 1 N–H and O–H groups in total. The molecule has 3 aromatic carbocycles. The minimum atomic E-state index is -0.0984. The molecule has 3 rings (SSSR count). The van der Waals surface area contributed by atoms with Crippen LogP contribution in [0.25, 0.3) is 0 Å². The first kappa shape index (κ1) is 30.5.